The summed E-state index contributed by atoms with van der Waals surface area (Å²) in [5, 5.41) is 14.5. The van der Waals surface area contributed by atoms with Crippen LogP contribution in [0.5, 0.6) is 0 Å². The fourth-order valence-corrected chi connectivity index (χ4v) is 4.22. The second-order valence-corrected chi connectivity index (χ2v) is 8.20. The summed E-state index contributed by atoms with van der Waals surface area (Å²) in [5.74, 6) is 1.40. The molecule has 32 heavy (non-hydrogen) atoms. The molecular weight excluding hydrogens is 420 g/mol. The Bertz CT molecular complexity index is 1350. The summed E-state index contributed by atoms with van der Waals surface area (Å²) in [6, 6.07) is 27.7. The van der Waals surface area contributed by atoms with Gasteiger partial charge in [0.1, 0.15) is 0 Å². The molecule has 2 heterocycles. The quantitative estimate of drug-likeness (QED) is 0.340. The van der Waals surface area contributed by atoms with Gasteiger partial charge in [0, 0.05) is 5.69 Å². The van der Waals surface area contributed by atoms with Crippen molar-refractivity contribution in [2.24, 2.45) is 0 Å². The Morgan fingerprint density at radius 3 is 2.53 bits per heavy atom. The number of aromatic nitrogens is 3. The Kier molecular flexibility index (Phi) is 5.72. The predicted octanol–water partition coefficient (Wildman–Crippen LogP) is 5.47. The van der Waals surface area contributed by atoms with Gasteiger partial charge in [0.05, 0.1) is 18.6 Å². The summed E-state index contributed by atoms with van der Waals surface area (Å²) in [6.07, 6.45) is 1.61. The lowest BCUT2D eigenvalue weighted by molar-refractivity contribution is -0.113. The van der Waals surface area contributed by atoms with Crippen molar-refractivity contribution in [2.45, 2.75) is 11.7 Å². The molecule has 158 valence electrons. The number of rotatable bonds is 7. The molecule has 0 saturated heterocycles. The molecule has 0 fully saturated rings. The molecule has 2 aromatic heterocycles. The lowest BCUT2D eigenvalue weighted by Gasteiger charge is -2.10. The van der Waals surface area contributed by atoms with E-state index in [1.165, 1.54) is 11.8 Å². The highest BCUT2D eigenvalue weighted by Gasteiger charge is 2.18. The Balaban J connectivity index is 1.32. The van der Waals surface area contributed by atoms with Gasteiger partial charge < -0.3 is 9.73 Å². The molecule has 0 unspecified atom stereocenters. The van der Waals surface area contributed by atoms with Crippen molar-refractivity contribution in [1.82, 2.24) is 14.8 Å². The third-order valence-corrected chi connectivity index (χ3v) is 5.97. The molecule has 7 heteroatoms. The Labute approximate surface area is 189 Å². The molecule has 1 amide bonds. The maximum atomic E-state index is 12.6. The van der Waals surface area contributed by atoms with Crippen LogP contribution in [-0.4, -0.2) is 26.4 Å². The number of nitrogens with one attached hydrogen (secondary N) is 1. The van der Waals surface area contributed by atoms with Crippen LogP contribution in [0.2, 0.25) is 0 Å². The van der Waals surface area contributed by atoms with Crippen LogP contribution in [0, 0.1) is 0 Å². The van der Waals surface area contributed by atoms with Gasteiger partial charge in [-0.05, 0) is 40.6 Å². The van der Waals surface area contributed by atoms with E-state index in [0.717, 1.165) is 22.0 Å². The zero-order valence-electron chi connectivity index (χ0n) is 17.1. The average Bonchev–Trinajstić information content (AvgIpc) is 3.48. The standard InChI is InChI=1S/C25H20N4O2S/c30-23(26-21-13-12-19-9-4-5-10-20(19)15-21)17-32-25-28-27-24(22-11-6-14-31-22)29(25)16-18-7-2-1-3-8-18/h1-15H,16-17H2,(H,26,30). The van der Waals surface area contributed by atoms with E-state index in [9.17, 15) is 4.79 Å². The molecular formula is C25H20N4O2S. The number of anilines is 1. The number of nitrogens with zero attached hydrogens (tertiary/aromatic N) is 3. The van der Waals surface area contributed by atoms with E-state index >= 15 is 0 Å². The van der Waals surface area contributed by atoms with Crippen molar-refractivity contribution in [2.75, 3.05) is 11.1 Å². The first-order chi connectivity index (χ1) is 15.8. The zero-order chi connectivity index (χ0) is 21.8. The molecule has 5 rings (SSSR count). The van der Waals surface area contributed by atoms with Crippen LogP contribution in [0.3, 0.4) is 0 Å². The van der Waals surface area contributed by atoms with E-state index < -0.39 is 0 Å². The van der Waals surface area contributed by atoms with E-state index in [1.54, 1.807) is 6.26 Å². The minimum atomic E-state index is -0.0981. The SMILES string of the molecule is O=C(CSc1nnc(-c2ccco2)n1Cc1ccccc1)Nc1ccc2ccccc2c1. The van der Waals surface area contributed by atoms with E-state index in [2.05, 4.69) is 15.5 Å². The second kappa shape index (κ2) is 9.11. The summed E-state index contributed by atoms with van der Waals surface area (Å²) in [4.78, 5) is 12.6. The number of fused-ring (bicyclic) bond motifs is 1. The highest BCUT2D eigenvalue weighted by molar-refractivity contribution is 7.99. The topological polar surface area (TPSA) is 73.0 Å². The van der Waals surface area contributed by atoms with Crippen molar-refractivity contribution in [3.05, 3.63) is 96.8 Å². The number of thioether (sulfide) groups is 1. The fraction of sp³-hybridized carbons (Fsp3) is 0.0800. The van der Waals surface area contributed by atoms with Crippen LogP contribution in [0.4, 0.5) is 5.69 Å². The molecule has 0 aliphatic rings. The minimum absolute atomic E-state index is 0.0981. The molecule has 0 spiro atoms. The first-order valence-electron chi connectivity index (χ1n) is 10.2. The van der Waals surface area contributed by atoms with Gasteiger partial charge in [-0.15, -0.1) is 10.2 Å². The molecule has 5 aromatic rings. The van der Waals surface area contributed by atoms with Crippen molar-refractivity contribution >= 4 is 34.1 Å². The Morgan fingerprint density at radius 1 is 0.906 bits per heavy atom. The third-order valence-electron chi connectivity index (χ3n) is 5.01. The number of amides is 1. The highest BCUT2D eigenvalue weighted by atomic mass is 32.2. The number of carbonyl (C=O) groups excluding carboxylic acids is 1. The lowest BCUT2D eigenvalue weighted by atomic mass is 10.1. The van der Waals surface area contributed by atoms with Crippen LogP contribution in [0.15, 0.2) is 101 Å². The summed E-state index contributed by atoms with van der Waals surface area (Å²) >= 11 is 1.35. The molecule has 0 radical (unpaired) electrons. The zero-order valence-corrected chi connectivity index (χ0v) is 18.0. The Morgan fingerprint density at radius 2 is 1.72 bits per heavy atom. The number of benzene rings is 3. The van der Waals surface area contributed by atoms with Gasteiger partial charge in [-0.3, -0.25) is 9.36 Å². The summed E-state index contributed by atoms with van der Waals surface area (Å²) < 4.78 is 7.51. The average molecular weight is 441 g/mol. The van der Waals surface area contributed by atoms with Crippen LogP contribution in [0.1, 0.15) is 5.56 Å². The van der Waals surface area contributed by atoms with E-state index in [-0.39, 0.29) is 11.7 Å². The van der Waals surface area contributed by atoms with Gasteiger partial charge in [0.25, 0.3) is 0 Å². The van der Waals surface area contributed by atoms with E-state index in [0.29, 0.717) is 23.3 Å². The first-order valence-corrected chi connectivity index (χ1v) is 11.2. The van der Waals surface area contributed by atoms with E-state index in [1.807, 2.05) is 89.5 Å². The van der Waals surface area contributed by atoms with Crippen LogP contribution in [0.25, 0.3) is 22.4 Å². The molecule has 0 aliphatic heterocycles. The lowest BCUT2D eigenvalue weighted by Crippen LogP contribution is -2.14. The maximum absolute atomic E-state index is 12.6. The molecule has 0 bridgehead atoms. The number of furan rings is 1. The molecule has 0 aliphatic carbocycles. The van der Waals surface area contributed by atoms with Gasteiger partial charge in [-0.2, -0.15) is 0 Å². The fourth-order valence-electron chi connectivity index (χ4n) is 3.49. The first kappa shape index (κ1) is 20.1. The van der Waals surface area contributed by atoms with Crippen molar-refractivity contribution in [1.29, 1.82) is 0 Å². The largest absolute Gasteiger partial charge is 0.461 e. The molecule has 1 N–H and O–H groups in total. The third kappa shape index (κ3) is 4.43. The summed E-state index contributed by atoms with van der Waals surface area (Å²) in [7, 11) is 0. The summed E-state index contributed by atoms with van der Waals surface area (Å²) in [5.41, 5.74) is 1.89. The number of hydrogen-bond acceptors (Lipinski definition) is 5. The predicted molar refractivity (Wildman–Crippen MR) is 127 cm³/mol. The molecule has 6 nitrogen and oxygen atoms in total. The van der Waals surface area contributed by atoms with Crippen LogP contribution in [-0.2, 0) is 11.3 Å². The molecule has 0 atom stereocenters. The van der Waals surface area contributed by atoms with Gasteiger partial charge in [-0.1, -0.05) is 72.4 Å². The summed E-state index contributed by atoms with van der Waals surface area (Å²) in [6.45, 7) is 0.582. The van der Waals surface area contributed by atoms with Gasteiger partial charge in [0.15, 0.2) is 10.9 Å². The molecule has 3 aromatic carbocycles. The minimum Gasteiger partial charge on any atom is -0.461 e. The van der Waals surface area contributed by atoms with Gasteiger partial charge in [0.2, 0.25) is 11.7 Å². The van der Waals surface area contributed by atoms with Gasteiger partial charge in [-0.25, -0.2) is 0 Å². The van der Waals surface area contributed by atoms with E-state index in [4.69, 9.17) is 4.42 Å². The normalized spacial score (nSPS) is 11.0. The number of carbonyl (C=O) groups is 1. The van der Waals surface area contributed by atoms with Gasteiger partial charge >= 0.3 is 0 Å². The number of hydrogen-bond donors (Lipinski definition) is 1. The monoisotopic (exact) mass is 440 g/mol. The van der Waals surface area contributed by atoms with Crippen molar-refractivity contribution < 1.29 is 9.21 Å². The van der Waals surface area contributed by atoms with Crippen LogP contribution >= 0.6 is 11.8 Å². The smallest absolute Gasteiger partial charge is 0.234 e. The molecule has 0 saturated carbocycles. The Hall–Kier alpha value is -3.84. The van der Waals surface area contributed by atoms with Crippen molar-refractivity contribution in [3.8, 4) is 11.6 Å². The highest BCUT2D eigenvalue weighted by Crippen LogP contribution is 2.26. The van der Waals surface area contributed by atoms with Crippen LogP contribution < -0.4 is 5.32 Å². The maximum Gasteiger partial charge on any atom is 0.234 e. The second-order valence-electron chi connectivity index (χ2n) is 7.25. The van der Waals surface area contributed by atoms with Crippen molar-refractivity contribution in [3.63, 3.8) is 0 Å².